The van der Waals surface area contributed by atoms with Crippen molar-refractivity contribution in [2.45, 2.75) is 58.2 Å². The summed E-state index contributed by atoms with van der Waals surface area (Å²) in [5, 5.41) is 2.95. The van der Waals surface area contributed by atoms with Crippen LogP contribution in [0.4, 0.5) is 0 Å². The summed E-state index contributed by atoms with van der Waals surface area (Å²) in [5.41, 5.74) is 5.92. The van der Waals surface area contributed by atoms with Gasteiger partial charge in [-0.05, 0) is 39.5 Å². The normalized spacial score (nSPS) is 18.4. The number of carbonyl (C=O) groups is 1. The Morgan fingerprint density at radius 3 is 2.50 bits per heavy atom. The molecule has 0 aromatic heterocycles. The minimum Gasteiger partial charge on any atom is -0.383 e. The number of nitrogens with two attached hydrogens (primary N) is 1. The molecule has 1 amide bonds. The van der Waals surface area contributed by atoms with E-state index in [9.17, 15) is 4.79 Å². The van der Waals surface area contributed by atoms with E-state index in [2.05, 4.69) is 17.1 Å². The molecule has 118 valence electrons. The zero-order valence-corrected chi connectivity index (χ0v) is 13.4. The first-order chi connectivity index (χ1) is 9.49. The van der Waals surface area contributed by atoms with Crippen molar-refractivity contribution in [2.75, 3.05) is 26.8 Å². The molecule has 0 spiro atoms. The maximum Gasteiger partial charge on any atom is 0.221 e. The summed E-state index contributed by atoms with van der Waals surface area (Å²) in [6.45, 7) is 8.22. The van der Waals surface area contributed by atoms with E-state index >= 15 is 0 Å². The SMILES string of the molecule is COCCN(C(CN)CC(=O)NC(C)C)C(C)C1CC1. The van der Waals surface area contributed by atoms with Crippen molar-refractivity contribution < 1.29 is 9.53 Å². The zero-order chi connectivity index (χ0) is 15.1. The van der Waals surface area contributed by atoms with Gasteiger partial charge in [-0.25, -0.2) is 0 Å². The van der Waals surface area contributed by atoms with Gasteiger partial charge in [-0.15, -0.1) is 0 Å². The van der Waals surface area contributed by atoms with E-state index in [0.29, 0.717) is 25.6 Å². The summed E-state index contributed by atoms with van der Waals surface area (Å²) in [4.78, 5) is 14.3. The predicted molar refractivity (Wildman–Crippen MR) is 81.5 cm³/mol. The largest absolute Gasteiger partial charge is 0.383 e. The molecule has 1 fully saturated rings. The lowest BCUT2D eigenvalue weighted by Crippen LogP contribution is -2.50. The number of carbonyl (C=O) groups excluding carboxylic acids is 1. The highest BCUT2D eigenvalue weighted by molar-refractivity contribution is 5.76. The molecule has 20 heavy (non-hydrogen) atoms. The maximum atomic E-state index is 12.0. The Morgan fingerprint density at radius 1 is 1.40 bits per heavy atom. The number of rotatable bonds is 10. The van der Waals surface area contributed by atoms with Crippen LogP contribution >= 0.6 is 0 Å². The zero-order valence-electron chi connectivity index (χ0n) is 13.4. The molecular formula is C15H31N3O2. The molecule has 0 aromatic rings. The van der Waals surface area contributed by atoms with Gasteiger partial charge >= 0.3 is 0 Å². The molecule has 0 saturated heterocycles. The highest BCUT2D eigenvalue weighted by atomic mass is 16.5. The number of nitrogens with zero attached hydrogens (tertiary/aromatic N) is 1. The molecule has 0 aliphatic heterocycles. The molecule has 1 aliphatic rings. The van der Waals surface area contributed by atoms with E-state index in [1.807, 2.05) is 13.8 Å². The highest BCUT2D eigenvalue weighted by Crippen LogP contribution is 2.35. The van der Waals surface area contributed by atoms with Gasteiger partial charge < -0.3 is 15.8 Å². The molecule has 3 N–H and O–H groups in total. The van der Waals surface area contributed by atoms with Crippen molar-refractivity contribution in [1.29, 1.82) is 0 Å². The van der Waals surface area contributed by atoms with Crippen LogP contribution in [0, 0.1) is 5.92 Å². The van der Waals surface area contributed by atoms with Crippen LogP contribution in [0.3, 0.4) is 0 Å². The van der Waals surface area contributed by atoms with Crippen LogP contribution < -0.4 is 11.1 Å². The molecule has 1 saturated carbocycles. The van der Waals surface area contributed by atoms with E-state index < -0.39 is 0 Å². The van der Waals surface area contributed by atoms with E-state index in [0.717, 1.165) is 12.5 Å². The molecule has 5 nitrogen and oxygen atoms in total. The van der Waals surface area contributed by atoms with Crippen LogP contribution in [-0.4, -0.2) is 55.7 Å². The molecular weight excluding hydrogens is 254 g/mol. The smallest absolute Gasteiger partial charge is 0.221 e. The number of hydrogen-bond acceptors (Lipinski definition) is 4. The lowest BCUT2D eigenvalue weighted by atomic mass is 10.1. The second kappa shape index (κ2) is 8.60. The topological polar surface area (TPSA) is 67.6 Å². The molecule has 0 bridgehead atoms. The van der Waals surface area contributed by atoms with Gasteiger partial charge in [0.1, 0.15) is 0 Å². The Kier molecular flexibility index (Phi) is 7.48. The maximum absolute atomic E-state index is 12.0. The monoisotopic (exact) mass is 285 g/mol. The van der Waals surface area contributed by atoms with Crippen molar-refractivity contribution in [3.05, 3.63) is 0 Å². The summed E-state index contributed by atoms with van der Waals surface area (Å²) in [5.74, 6) is 0.843. The predicted octanol–water partition coefficient (Wildman–Crippen LogP) is 0.975. The fraction of sp³-hybridized carbons (Fsp3) is 0.933. The van der Waals surface area contributed by atoms with E-state index in [1.54, 1.807) is 7.11 Å². The second-order valence-corrected chi connectivity index (χ2v) is 6.12. The van der Waals surface area contributed by atoms with Crippen molar-refractivity contribution in [3.8, 4) is 0 Å². The number of amides is 1. The van der Waals surface area contributed by atoms with Crippen LogP contribution in [0.5, 0.6) is 0 Å². The summed E-state index contributed by atoms with van der Waals surface area (Å²) >= 11 is 0. The minimum atomic E-state index is 0.0841. The standard InChI is InChI=1S/C15H31N3O2/c1-11(2)17-15(19)9-14(10-16)18(7-8-20-4)12(3)13-5-6-13/h11-14H,5-10,16H2,1-4H3,(H,17,19). The molecule has 1 rings (SSSR count). The average molecular weight is 285 g/mol. The minimum absolute atomic E-state index is 0.0841. The first-order valence-corrected chi connectivity index (χ1v) is 7.73. The Bertz CT molecular complexity index is 293. The quantitative estimate of drug-likeness (QED) is 0.628. The molecule has 0 radical (unpaired) electrons. The van der Waals surface area contributed by atoms with Crippen LogP contribution in [0.2, 0.25) is 0 Å². The first kappa shape index (κ1) is 17.4. The Hall–Kier alpha value is -0.650. The number of methoxy groups -OCH3 is 1. The summed E-state index contributed by atoms with van der Waals surface area (Å²) in [6.07, 6.45) is 3.05. The van der Waals surface area contributed by atoms with Crippen LogP contribution in [-0.2, 0) is 9.53 Å². The van der Waals surface area contributed by atoms with Gasteiger partial charge in [-0.3, -0.25) is 9.69 Å². The van der Waals surface area contributed by atoms with Gasteiger partial charge in [0.25, 0.3) is 0 Å². The van der Waals surface area contributed by atoms with Gasteiger partial charge in [0.2, 0.25) is 5.91 Å². The van der Waals surface area contributed by atoms with Crippen molar-refractivity contribution in [1.82, 2.24) is 10.2 Å². The number of hydrogen-bond donors (Lipinski definition) is 2. The highest BCUT2D eigenvalue weighted by Gasteiger charge is 2.35. The van der Waals surface area contributed by atoms with Crippen LogP contribution in [0.1, 0.15) is 40.0 Å². The number of ether oxygens (including phenoxy) is 1. The van der Waals surface area contributed by atoms with Gasteiger partial charge in [0.05, 0.1) is 6.61 Å². The summed E-state index contributed by atoms with van der Waals surface area (Å²) in [6, 6.07) is 0.749. The fourth-order valence-electron chi connectivity index (χ4n) is 2.70. The van der Waals surface area contributed by atoms with E-state index in [-0.39, 0.29) is 18.0 Å². The first-order valence-electron chi connectivity index (χ1n) is 7.73. The fourth-order valence-corrected chi connectivity index (χ4v) is 2.70. The molecule has 2 unspecified atom stereocenters. The van der Waals surface area contributed by atoms with Gasteiger partial charge in [0.15, 0.2) is 0 Å². The molecule has 0 heterocycles. The van der Waals surface area contributed by atoms with Crippen LogP contribution in [0.25, 0.3) is 0 Å². The molecule has 0 aromatic carbocycles. The van der Waals surface area contributed by atoms with Crippen LogP contribution in [0.15, 0.2) is 0 Å². The Labute approximate surface area is 123 Å². The summed E-state index contributed by atoms with van der Waals surface area (Å²) < 4.78 is 5.20. The third kappa shape index (κ3) is 5.77. The lowest BCUT2D eigenvalue weighted by Gasteiger charge is -2.36. The summed E-state index contributed by atoms with van der Waals surface area (Å²) in [7, 11) is 1.71. The third-order valence-electron chi connectivity index (χ3n) is 3.99. The average Bonchev–Trinajstić information content (AvgIpc) is 3.20. The van der Waals surface area contributed by atoms with E-state index in [4.69, 9.17) is 10.5 Å². The molecule has 5 heteroatoms. The van der Waals surface area contributed by atoms with Crippen molar-refractivity contribution in [2.24, 2.45) is 11.7 Å². The van der Waals surface area contributed by atoms with Gasteiger partial charge in [0, 0.05) is 44.7 Å². The van der Waals surface area contributed by atoms with E-state index in [1.165, 1.54) is 12.8 Å². The lowest BCUT2D eigenvalue weighted by molar-refractivity contribution is -0.123. The number of nitrogens with one attached hydrogen (secondary N) is 1. The molecule has 1 aliphatic carbocycles. The van der Waals surface area contributed by atoms with Crippen molar-refractivity contribution in [3.63, 3.8) is 0 Å². The second-order valence-electron chi connectivity index (χ2n) is 6.12. The Morgan fingerprint density at radius 2 is 2.05 bits per heavy atom. The van der Waals surface area contributed by atoms with Gasteiger partial charge in [-0.1, -0.05) is 0 Å². The third-order valence-corrected chi connectivity index (χ3v) is 3.99. The van der Waals surface area contributed by atoms with Crippen molar-refractivity contribution >= 4 is 5.91 Å². The van der Waals surface area contributed by atoms with Gasteiger partial charge in [-0.2, -0.15) is 0 Å². The molecule has 2 atom stereocenters. The Balaban J connectivity index is 2.60.